The number of ether oxygens (including phenoxy) is 1. The molecular formula is C19H23N3O4. The first-order valence-electron chi connectivity index (χ1n) is 9.01. The molecule has 3 amide bonds. The predicted octanol–water partition coefficient (Wildman–Crippen LogP) is 0.335. The van der Waals surface area contributed by atoms with Crippen LogP contribution < -0.4 is 10.6 Å². The van der Waals surface area contributed by atoms with Gasteiger partial charge >= 0.3 is 0 Å². The van der Waals surface area contributed by atoms with Crippen LogP contribution in [0.5, 0.6) is 0 Å². The summed E-state index contributed by atoms with van der Waals surface area (Å²) in [6, 6.07) is 5.68. The molecule has 1 aromatic rings. The number of carbonyl (C=O) groups excluding carboxylic acids is 3. The molecule has 2 fully saturated rings. The summed E-state index contributed by atoms with van der Waals surface area (Å²) in [5.41, 5.74) is 2.10. The second-order valence-corrected chi connectivity index (χ2v) is 7.42. The van der Waals surface area contributed by atoms with Gasteiger partial charge in [-0.3, -0.25) is 14.4 Å². The molecule has 7 heteroatoms. The van der Waals surface area contributed by atoms with Crippen molar-refractivity contribution in [2.75, 3.05) is 38.7 Å². The Morgan fingerprint density at radius 2 is 2.27 bits per heavy atom. The number of benzene rings is 1. The van der Waals surface area contributed by atoms with E-state index >= 15 is 0 Å². The summed E-state index contributed by atoms with van der Waals surface area (Å²) in [6.45, 7) is 2.06. The van der Waals surface area contributed by atoms with Gasteiger partial charge in [0.25, 0.3) is 0 Å². The zero-order valence-corrected chi connectivity index (χ0v) is 14.8. The van der Waals surface area contributed by atoms with Gasteiger partial charge in [0.05, 0.1) is 24.9 Å². The van der Waals surface area contributed by atoms with E-state index in [0.717, 1.165) is 16.8 Å². The molecule has 0 saturated carbocycles. The standard InChI is InChI=1S/C19H23N3O4/c1-20-18(25)19-4-5-26-10-14(19)9-22(11-19)17(24)7-12-2-3-13-8-16(23)21-15(13)6-12/h2-3,6,14H,4-5,7-11H2,1H3,(H,20,25)(H,21,23)/t14-,19+/m1/s1. The summed E-state index contributed by atoms with van der Waals surface area (Å²) in [4.78, 5) is 38.6. The molecule has 2 N–H and O–H groups in total. The van der Waals surface area contributed by atoms with E-state index in [1.807, 2.05) is 18.2 Å². The summed E-state index contributed by atoms with van der Waals surface area (Å²) in [5.74, 6) is 0.0346. The molecule has 0 radical (unpaired) electrons. The molecule has 0 aliphatic carbocycles. The van der Waals surface area contributed by atoms with Gasteiger partial charge in [0.2, 0.25) is 17.7 Å². The van der Waals surface area contributed by atoms with E-state index in [1.54, 1.807) is 11.9 Å². The lowest BCUT2D eigenvalue weighted by Gasteiger charge is -2.36. The fraction of sp³-hybridized carbons (Fsp3) is 0.526. The van der Waals surface area contributed by atoms with Gasteiger partial charge < -0.3 is 20.3 Å². The van der Waals surface area contributed by atoms with Crippen LogP contribution in [0.3, 0.4) is 0 Å². The minimum atomic E-state index is -0.533. The van der Waals surface area contributed by atoms with E-state index in [2.05, 4.69) is 10.6 Å². The molecule has 7 nitrogen and oxygen atoms in total. The Hall–Kier alpha value is -2.41. The molecule has 4 rings (SSSR count). The third-order valence-electron chi connectivity index (χ3n) is 5.89. The van der Waals surface area contributed by atoms with Crippen LogP contribution in [0.25, 0.3) is 0 Å². The van der Waals surface area contributed by atoms with Gasteiger partial charge in [0.1, 0.15) is 0 Å². The zero-order valence-electron chi connectivity index (χ0n) is 14.8. The number of anilines is 1. The highest BCUT2D eigenvalue weighted by molar-refractivity contribution is 5.99. The third kappa shape index (κ3) is 2.76. The van der Waals surface area contributed by atoms with E-state index in [4.69, 9.17) is 4.74 Å². The summed E-state index contributed by atoms with van der Waals surface area (Å²) in [5, 5.41) is 5.58. The van der Waals surface area contributed by atoms with Crippen LogP contribution in [-0.4, -0.2) is 56.0 Å². The van der Waals surface area contributed by atoms with Crippen LogP contribution in [0.1, 0.15) is 17.5 Å². The monoisotopic (exact) mass is 357 g/mol. The fourth-order valence-corrected chi connectivity index (χ4v) is 4.42. The smallest absolute Gasteiger partial charge is 0.228 e. The van der Waals surface area contributed by atoms with Gasteiger partial charge in [0, 0.05) is 38.3 Å². The maximum atomic E-state index is 12.8. The Balaban J connectivity index is 1.48. The SMILES string of the molecule is CNC(=O)[C@]12CCOC[C@H]1CN(C(=O)Cc1ccc3c(c1)NC(=O)C3)C2. The zero-order chi connectivity index (χ0) is 18.3. The molecule has 0 aromatic heterocycles. The quantitative estimate of drug-likeness (QED) is 0.816. The average Bonchev–Trinajstić information content (AvgIpc) is 3.21. The normalized spacial score (nSPS) is 26.9. The largest absolute Gasteiger partial charge is 0.381 e. The molecular weight excluding hydrogens is 334 g/mol. The van der Waals surface area contributed by atoms with Crippen molar-refractivity contribution in [3.63, 3.8) is 0 Å². The molecule has 3 heterocycles. The van der Waals surface area contributed by atoms with Crippen LogP contribution in [-0.2, 0) is 32.0 Å². The van der Waals surface area contributed by atoms with Crippen LogP contribution in [0.2, 0.25) is 0 Å². The number of rotatable bonds is 3. The van der Waals surface area contributed by atoms with E-state index < -0.39 is 5.41 Å². The van der Waals surface area contributed by atoms with Gasteiger partial charge in [-0.15, -0.1) is 0 Å². The predicted molar refractivity (Wildman–Crippen MR) is 94.5 cm³/mol. The van der Waals surface area contributed by atoms with Crippen molar-refractivity contribution in [1.82, 2.24) is 10.2 Å². The Labute approximate surface area is 152 Å². The molecule has 3 aliphatic heterocycles. The van der Waals surface area contributed by atoms with Gasteiger partial charge in [0.15, 0.2) is 0 Å². The molecule has 0 bridgehead atoms. The average molecular weight is 357 g/mol. The van der Waals surface area contributed by atoms with Crippen LogP contribution in [0.4, 0.5) is 5.69 Å². The van der Waals surface area contributed by atoms with Crippen LogP contribution in [0.15, 0.2) is 18.2 Å². The second-order valence-electron chi connectivity index (χ2n) is 7.42. The Kier molecular flexibility index (Phi) is 4.19. The topological polar surface area (TPSA) is 87.7 Å². The van der Waals surface area contributed by atoms with Crippen LogP contribution in [0, 0.1) is 11.3 Å². The highest BCUT2D eigenvalue weighted by Crippen LogP contribution is 2.42. The Morgan fingerprint density at radius 3 is 3.08 bits per heavy atom. The first kappa shape index (κ1) is 17.0. The van der Waals surface area contributed by atoms with Crippen molar-refractivity contribution < 1.29 is 19.1 Å². The number of hydrogen-bond donors (Lipinski definition) is 2. The number of fused-ring (bicyclic) bond motifs is 2. The highest BCUT2D eigenvalue weighted by atomic mass is 16.5. The summed E-state index contributed by atoms with van der Waals surface area (Å²) in [6.07, 6.45) is 1.30. The second kappa shape index (κ2) is 6.39. The van der Waals surface area contributed by atoms with Crippen LogP contribution >= 0.6 is 0 Å². The number of likely N-dealkylation sites (tertiary alicyclic amines) is 1. The van der Waals surface area contributed by atoms with E-state index in [1.165, 1.54) is 0 Å². The molecule has 3 aliphatic rings. The Bertz CT molecular complexity index is 778. The molecule has 26 heavy (non-hydrogen) atoms. The number of carbonyl (C=O) groups is 3. The maximum Gasteiger partial charge on any atom is 0.228 e. The molecule has 138 valence electrons. The van der Waals surface area contributed by atoms with Crippen molar-refractivity contribution in [2.45, 2.75) is 19.3 Å². The summed E-state index contributed by atoms with van der Waals surface area (Å²) >= 11 is 0. The van der Waals surface area contributed by atoms with Crippen molar-refractivity contribution >= 4 is 23.4 Å². The minimum Gasteiger partial charge on any atom is -0.381 e. The van der Waals surface area contributed by atoms with E-state index in [0.29, 0.717) is 39.1 Å². The molecule has 0 unspecified atom stereocenters. The maximum absolute atomic E-state index is 12.8. The Morgan fingerprint density at radius 1 is 1.42 bits per heavy atom. The first-order valence-corrected chi connectivity index (χ1v) is 9.01. The van der Waals surface area contributed by atoms with Crippen molar-refractivity contribution in [1.29, 1.82) is 0 Å². The number of amides is 3. The summed E-state index contributed by atoms with van der Waals surface area (Å²) in [7, 11) is 1.65. The molecule has 0 spiro atoms. The summed E-state index contributed by atoms with van der Waals surface area (Å²) < 4.78 is 5.55. The van der Waals surface area contributed by atoms with Gasteiger partial charge in [-0.1, -0.05) is 12.1 Å². The number of nitrogens with one attached hydrogen (secondary N) is 2. The fourth-order valence-electron chi connectivity index (χ4n) is 4.42. The first-order chi connectivity index (χ1) is 12.5. The van der Waals surface area contributed by atoms with Crippen molar-refractivity contribution in [3.05, 3.63) is 29.3 Å². The van der Waals surface area contributed by atoms with Crippen molar-refractivity contribution in [3.8, 4) is 0 Å². The van der Waals surface area contributed by atoms with E-state index in [-0.39, 0.29) is 30.1 Å². The van der Waals surface area contributed by atoms with Crippen molar-refractivity contribution in [2.24, 2.45) is 11.3 Å². The lowest BCUT2D eigenvalue weighted by Crippen LogP contribution is -2.49. The van der Waals surface area contributed by atoms with Gasteiger partial charge in [-0.05, 0) is 23.6 Å². The highest BCUT2D eigenvalue weighted by Gasteiger charge is 2.54. The molecule has 2 atom stereocenters. The lowest BCUT2D eigenvalue weighted by molar-refractivity contribution is -0.139. The lowest BCUT2D eigenvalue weighted by atomic mass is 9.73. The number of hydrogen-bond acceptors (Lipinski definition) is 4. The third-order valence-corrected chi connectivity index (χ3v) is 5.89. The molecule has 1 aromatic carbocycles. The minimum absolute atomic E-state index is 0.00124. The van der Waals surface area contributed by atoms with E-state index in [9.17, 15) is 14.4 Å². The van der Waals surface area contributed by atoms with Gasteiger partial charge in [-0.2, -0.15) is 0 Å². The number of nitrogens with zero attached hydrogens (tertiary/aromatic N) is 1. The molecule has 2 saturated heterocycles. The van der Waals surface area contributed by atoms with Gasteiger partial charge in [-0.25, -0.2) is 0 Å².